The van der Waals surface area contributed by atoms with Crippen molar-refractivity contribution < 1.29 is 26.1 Å². The summed E-state index contributed by atoms with van der Waals surface area (Å²) in [5.74, 6) is 0. The third-order valence-electron chi connectivity index (χ3n) is 2.55. The van der Waals surface area contributed by atoms with Crippen LogP contribution in [0.25, 0.3) is 0 Å². The van der Waals surface area contributed by atoms with Crippen molar-refractivity contribution in [1.82, 2.24) is 0 Å². The lowest BCUT2D eigenvalue weighted by Gasteiger charge is -2.16. The molecule has 0 radical (unpaired) electrons. The Balaban J connectivity index is 3.58. The Labute approximate surface area is 103 Å². The maximum absolute atomic E-state index is 12.8. The largest absolute Gasteiger partial charge is 0.416 e. The molecule has 0 unspecified atom stereocenters. The molecule has 0 saturated heterocycles. The van der Waals surface area contributed by atoms with Crippen molar-refractivity contribution in [3.63, 3.8) is 0 Å². The van der Waals surface area contributed by atoms with E-state index in [1.54, 1.807) is 6.92 Å². The fourth-order valence-electron chi connectivity index (χ4n) is 1.77. The molecular formula is C11H13F3O3S. The average Bonchev–Trinajstić information content (AvgIpc) is 2.17. The molecule has 0 heterocycles. The van der Waals surface area contributed by atoms with Gasteiger partial charge < -0.3 is 0 Å². The van der Waals surface area contributed by atoms with E-state index in [0.717, 1.165) is 6.07 Å². The third-order valence-corrected chi connectivity index (χ3v) is 3.38. The van der Waals surface area contributed by atoms with E-state index in [2.05, 4.69) is 0 Å². The van der Waals surface area contributed by atoms with Gasteiger partial charge in [0.05, 0.1) is 10.5 Å². The predicted molar refractivity (Wildman–Crippen MR) is 60.0 cm³/mol. The lowest BCUT2D eigenvalue weighted by Crippen LogP contribution is -2.13. The lowest BCUT2D eigenvalue weighted by molar-refractivity contribution is -0.138. The smallest absolute Gasteiger partial charge is 0.282 e. The zero-order valence-electron chi connectivity index (χ0n) is 9.87. The quantitative estimate of drug-likeness (QED) is 0.866. The maximum Gasteiger partial charge on any atom is 0.416 e. The summed E-state index contributed by atoms with van der Waals surface area (Å²) in [6.07, 6.45) is -3.93. The molecule has 0 aromatic heterocycles. The highest BCUT2D eigenvalue weighted by Crippen LogP contribution is 2.35. The highest BCUT2D eigenvalue weighted by Gasteiger charge is 2.35. The molecule has 0 saturated carbocycles. The van der Waals surface area contributed by atoms with Crippen molar-refractivity contribution >= 4 is 10.1 Å². The van der Waals surface area contributed by atoms with E-state index >= 15 is 0 Å². The van der Waals surface area contributed by atoms with Gasteiger partial charge in [-0.05, 0) is 36.6 Å². The van der Waals surface area contributed by atoms with Crippen LogP contribution in [0.5, 0.6) is 0 Å². The van der Waals surface area contributed by atoms with Crippen LogP contribution in [-0.4, -0.2) is 13.0 Å². The summed E-state index contributed by atoms with van der Waals surface area (Å²) in [5.41, 5.74) is -0.728. The molecule has 0 spiro atoms. The standard InChI is InChI=1S/C11H13F3O3S/c1-3-4-9-7(2)5-8(18(15,16)17)6-10(9)11(12,13)14/h5-6H,3-4H2,1-2H3,(H,15,16,17). The Bertz CT molecular complexity index is 547. The fraction of sp³-hybridized carbons (Fsp3) is 0.455. The first-order valence-corrected chi connectivity index (χ1v) is 6.69. The van der Waals surface area contributed by atoms with E-state index in [0.29, 0.717) is 12.5 Å². The zero-order valence-corrected chi connectivity index (χ0v) is 10.7. The second-order valence-electron chi connectivity index (χ2n) is 3.99. The first-order valence-electron chi connectivity index (χ1n) is 5.25. The summed E-state index contributed by atoms with van der Waals surface area (Å²) in [4.78, 5) is -0.729. The predicted octanol–water partition coefficient (Wildman–Crippen LogP) is 3.21. The molecule has 1 rings (SSSR count). The molecule has 0 aliphatic carbocycles. The summed E-state index contributed by atoms with van der Waals surface area (Å²) in [7, 11) is -4.64. The van der Waals surface area contributed by atoms with Crippen LogP contribution in [0.3, 0.4) is 0 Å². The van der Waals surface area contributed by atoms with Crippen LogP contribution in [0.2, 0.25) is 0 Å². The number of hydrogen-bond acceptors (Lipinski definition) is 2. The summed E-state index contributed by atoms with van der Waals surface area (Å²) in [6, 6.07) is 1.53. The van der Waals surface area contributed by atoms with Crippen molar-refractivity contribution in [3.05, 3.63) is 28.8 Å². The molecule has 3 nitrogen and oxygen atoms in total. The van der Waals surface area contributed by atoms with Crippen molar-refractivity contribution in [2.24, 2.45) is 0 Å². The van der Waals surface area contributed by atoms with Gasteiger partial charge in [-0.1, -0.05) is 13.3 Å². The van der Waals surface area contributed by atoms with Gasteiger partial charge >= 0.3 is 6.18 Å². The van der Waals surface area contributed by atoms with E-state index in [-0.39, 0.29) is 17.5 Å². The van der Waals surface area contributed by atoms with E-state index in [1.807, 2.05) is 0 Å². The second-order valence-corrected chi connectivity index (χ2v) is 5.41. The third kappa shape index (κ3) is 3.23. The Kier molecular flexibility index (Phi) is 4.07. The molecule has 18 heavy (non-hydrogen) atoms. The van der Waals surface area contributed by atoms with Crippen LogP contribution in [-0.2, 0) is 22.7 Å². The van der Waals surface area contributed by atoms with Gasteiger partial charge in [-0.25, -0.2) is 0 Å². The van der Waals surface area contributed by atoms with Gasteiger partial charge in [0, 0.05) is 0 Å². The molecule has 1 aromatic rings. The highest BCUT2D eigenvalue weighted by molar-refractivity contribution is 7.85. The van der Waals surface area contributed by atoms with Gasteiger partial charge in [-0.2, -0.15) is 21.6 Å². The number of alkyl halides is 3. The molecular weight excluding hydrogens is 269 g/mol. The van der Waals surface area contributed by atoms with Crippen LogP contribution in [0.4, 0.5) is 13.2 Å². The van der Waals surface area contributed by atoms with Gasteiger partial charge in [0.1, 0.15) is 0 Å². The van der Waals surface area contributed by atoms with Crippen molar-refractivity contribution in [2.45, 2.75) is 37.8 Å². The molecule has 102 valence electrons. The molecule has 7 heteroatoms. The van der Waals surface area contributed by atoms with Crippen molar-refractivity contribution in [2.75, 3.05) is 0 Å². The number of rotatable bonds is 3. The van der Waals surface area contributed by atoms with Crippen LogP contribution in [0, 0.1) is 6.92 Å². The number of aryl methyl sites for hydroxylation is 1. The second kappa shape index (κ2) is 4.89. The highest BCUT2D eigenvalue weighted by atomic mass is 32.2. The van der Waals surface area contributed by atoms with Gasteiger partial charge in [-0.15, -0.1) is 0 Å². The van der Waals surface area contributed by atoms with E-state index < -0.39 is 26.8 Å². The summed E-state index contributed by atoms with van der Waals surface area (Å²) in [5, 5.41) is 0. The average molecular weight is 282 g/mol. The van der Waals surface area contributed by atoms with E-state index in [4.69, 9.17) is 4.55 Å². The van der Waals surface area contributed by atoms with Crippen molar-refractivity contribution in [1.29, 1.82) is 0 Å². The molecule has 0 amide bonds. The van der Waals surface area contributed by atoms with Crippen LogP contribution >= 0.6 is 0 Å². The Hall–Kier alpha value is -1.08. The molecule has 0 aliphatic rings. The molecule has 1 aromatic carbocycles. The SMILES string of the molecule is CCCc1c(C)cc(S(=O)(=O)O)cc1C(F)(F)F. The Morgan fingerprint density at radius 1 is 1.28 bits per heavy atom. The molecule has 0 bridgehead atoms. The van der Waals surface area contributed by atoms with Crippen LogP contribution in [0.15, 0.2) is 17.0 Å². The summed E-state index contributed by atoms with van der Waals surface area (Å²) < 4.78 is 69.2. The number of halogens is 3. The lowest BCUT2D eigenvalue weighted by atomic mass is 9.97. The van der Waals surface area contributed by atoms with Crippen LogP contribution in [0.1, 0.15) is 30.0 Å². The number of hydrogen-bond donors (Lipinski definition) is 1. The van der Waals surface area contributed by atoms with E-state index in [9.17, 15) is 21.6 Å². The Morgan fingerprint density at radius 2 is 1.83 bits per heavy atom. The summed E-state index contributed by atoms with van der Waals surface area (Å²) >= 11 is 0. The van der Waals surface area contributed by atoms with Crippen LogP contribution < -0.4 is 0 Å². The fourth-order valence-corrected chi connectivity index (χ4v) is 2.36. The number of benzene rings is 1. The minimum absolute atomic E-state index is 0.0670. The zero-order chi connectivity index (χ0) is 14.1. The Morgan fingerprint density at radius 3 is 2.22 bits per heavy atom. The monoisotopic (exact) mass is 282 g/mol. The van der Waals surface area contributed by atoms with E-state index in [1.165, 1.54) is 6.92 Å². The van der Waals surface area contributed by atoms with Gasteiger partial charge in [0.15, 0.2) is 0 Å². The summed E-state index contributed by atoms with van der Waals surface area (Å²) in [6.45, 7) is 3.13. The van der Waals surface area contributed by atoms with Gasteiger partial charge in [0.25, 0.3) is 10.1 Å². The minimum Gasteiger partial charge on any atom is -0.282 e. The first kappa shape index (κ1) is 15.0. The molecule has 0 fully saturated rings. The molecule has 0 aliphatic heterocycles. The van der Waals surface area contributed by atoms with Crippen molar-refractivity contribution in [3.8, 4) is 0 Å². The first-order chi connectivity index (χ1) is 8.07. The minimum atomic E-state index is -4.64. The maximum atomic E-state index is 12.8. The molecule has 1 N–H and O–H groups in total. The molecule has 0 atom stereocenters. The van der Waals surface area contributed by atoms with Gasteiger partial charge in [-0.3, -0.25) is 4.55 Å². The van der Waals surface area contributed by atoms with Gasteiger partial charge in [0.2, 0.25) is 0 Å². The normalized spacial score (nSPS) is 12.8. The topological polar surface area (TPSA) is 54.4 Å².